The van der Waals surface area contributed by atoms with Crippen LogP contribution in [0.3, 0.4) is 0 Å². The van der Waals surface area contributed by atoms with E-state index in [1.807, 2.05) is 0 Å². The van der Waals surface area contributed by atoms with Crippen LogP contribution in [0, 0.1) is 11.8 Å². The Morgan fingerprint density at radius 3 is 2.85 bits per heavy atom. The number of carbonyl (C=O) groups is 1. The molecule has 5 nitrogen and oxygen atoms in total. The summed E-state index contributed by atoms with van der Waals surface area (Å²) in [4.78, 5) is 10.8. The normalized spacial score (nSPS) is 28.1. The molecule has 1 aromatic heterocycles. The molecule has 0 radical (unpaired) electrons. The third-order valence-corrected chi connectivity index (χ3v) is 5.49. The molecule has 2 aliphatic rings. The van der Waals surface area contributed by atoms with E-state index in [4.69, 9.17) is 5.11 Å². The Kier molecular flexibility index (Phi) is 4.01. The summed E-state index contributed by atoms with van der Waals surface area (Å²) in [6.07, 6.45) is 7.20. The molecule has 3 rings (SSSR count). The SMILES string of the molecule is CCCc1nnc(SCC(=O)O)n1C1CC2CCC1C2. The molecule has 2 aliphatic carbocycles. The number of carboxylic acids is 1. The molecule has 0 spiro atoms. The van der Waals surface area contributed by atoms with Gasteiger partial charge in [-0.15, -0.1) is 10.2 Å². The van der Waals surface area contributed by atoms with E-state index in [1.54, 1.807) is 0 Å². The number of aromatic nitrogens is 3. The monoisotopic (exact) mass is 295 g/mol. The number of hydrogen-bond acceptors (Lipinski definition) is 4. The van der Waals surface area contributed by atoms with Crippen LogP contribution < -0.4 is 0 Å². The lowest BCUT2D eigenvalue weighted by atomic mass is 9.95. The number of aliphatic carboxylic acids is 1. The van der Waals surface area contributed by atoms with Gasteiger partial charge >= 0.3 is 5.97 Å². The maximum Gasteiger partial charge on any atom is 0.313 e. The molecule has 2 saturated carbocycles. The highest BCUT2D eigenvalue weighted by Crippen LogP contribution is 2.51. The van der Waals surface area contributed by atoms with E-state index in [0.29, 0.717) is 6.04 Å². The van der Waals surface area contributed by atoms with Crippen LogP contribution in [0.25, 0.3) is 0 Å². The summed E-state index contributed by atoms with van der Waals surface area (Å²) in [7, 11) is 0. The topological polar surface area (TPSA) is 68.0 Å². The zero-order valence-corrected chi connectivity index (χ0v) is 12.6. The van der Waals surface area contributed by atoms with Crippen LogP contribution >= 0.6 is 11.8 Å². The van der Waals surface area contributed by atoms with Crippen molar-refractivity contribution >= 4 is 17.7 Å². The predicted molar refractivity (Wildman–Crippen MR) is 76.9 cm³/mol. The van der Waals surface area contributed by atoms with Crippen LogP contribution in [-0.4, -0.2) is 31.6 Å². The number of rotatable bonds is 6. The highest BCUT2D eigenvalue weighted by atomic mass is 32.2. The maximum atomic E-state index is 10.8. The van der Waals surface area contributed by atoms with E-state index in [-0.39, 0.29) is 5.75 Å². The van der Waals surface area contributed by atoms with E-state index < -0.39 is 5.97 Å². The van der Waals surface area contributed by atoms with Gasteiger partial charge in [-0.05, 0) is 37.5 Å². The van der Waals surface area contributed by atoms with Crippen LogP contribution in [-0.2, 0) is 11.2 Å². The van der Waals surface area contributed by atoms with Crippen molar-refractivity contribution in [1.29, 1.82) is 0 Å². The number of thioether (sulfide) groups is 1. The van der Waals surface area contributed by atoms with Crippen molar-refractivity contribution in [3.63, 3.8) is 0 Å². The Bertz CT molecular complexity index is 503. The minimum Gasteiger partial charge on any atom is -0.481 e. The van der Waals surface area contributed by atoms with Crippen molar-refractivity contribution < 1.29 is 9.90 Å². The van der Waals surface area contributed by atoms with Crippen LogP contribution in [0.15, 0.2) is 5.16 Å². The van der Waals surface area contributed by atoms with Crippen molar-refractivity contribution in [2.24, 2.45) is 11.8 Å². The van der Waals surface area contributed by atoms with Crippen molar-refractivity contribution in [1.82, 2.24) is 14.8 Å². The maximum absolute atomic E-state index is 10.8. The predicted octanol–water partition coefficient (Wildman–Crippen LogP) is 2.77. The summed E-state index contributed by atoms with van der Waals surface area (Å²) in [6.45, 7) is 2.14. The Labute approximate surface area is 123 Å². The summed E-state index contributed by atoms with van der Waals surface area (Å²) in [5.41, 5.74) is 0. The first-order valence-corrected chi connectivity index (χ1v) is 8.46. The van der Waals surface area contributed by atoms with Gasteiger partial charge < -0.3 is 9.67 Å². The van der Waals surface area contributed by atoms with Gasteiger partial charge in [-0.1, -0.05) is 25.1 Å². The lowest BCUT2D eigenvalue weighted by Gasteiger charge is -2.25. The highest BCUT2D eigenvalue weighted by molar-refractivity contribution is 7.99. The number of aryl methyl sites for hydroxylation is 1. The summed E-state index contributed by atoms with van der Waals surface area (Å²) < 4.78 is 2.26. The molecule has 3 unspecified atom stereocenters. The molecular formula is C14H21N3O2S. The van der Waals surface area contributed by atoms with Gasteiger partial charge in [0.2, 0.25) is 0 Å². The molecule has 6 heteroatoms. The fourth-order valence-electron chi connectivity index (χ4n) is 3.79. The zero-order chi connectivity index (χ0) is 14.1. The smallest absolute Gasteiger partial charge is 0.313 e. The van der Waals surface area contributed by atoms with Crippen LogP contribution in [0.4, 0.5) is 0 Å². The minimum atomic E-state index is -0.797. The van der Waals surface area contributed by atoms with Gasteiger partial charge in [0, 0.05) is 12.5 Å². The fourth-order valence-corrected chi connectivity index (χ4v) is 4.52. The molecule has 1 heterocycles. The van der Waals surface area contributed by atoms with Crippen molar-refractivity contribution in [2.45, 2.75) is 56.6 Å². The number of nitrogens with zero attached hydrogens (tertiary/aromatic N) is 3. The molecular weight excluding hydrogens is 274 g/mol. The molecule has 2 bridgehead atoms. The van der Waals surface area contributed by atoms with Crippen molar-refractivity contribution in [2.75, 3.05) is 5.75 Å². The average Bonchev–Trinajstić information content (AvgIpc) is 3.10. The Balaban J connectivity index is 1.85. The van der Waals surface area contributed by atoms with E-state index in [1.165, 1.54) is 37.4 Å². The highest BCUT2D eigenvalue weighted by Gasteiger charge is 2.42. The molecule has 3 atom stereocenters. The summed E-state index contributed by atoms with van der Waals surface area (Å²) in [5.74, 6) is 1.91. The fraction of sp³-hybridized carbons (Fsp3) is 0.786. The second-order valence-corrected chi connectivity index (χ2v) is 6.89. The Morgan fingerprint density at radius 2 is 2.25 bits per heavy atom. The Hall–Kier alpha value is -1.04. The number of carboxylic acid groups (broad SMARTS) is 1. The lowest BCUT2D eigenvalue weighted by Crippen LogP contribution is -2.19. The van der Waals surface area contributed by atoms with Crippen molar-refractivity contribution in [3.8, 4) is 0 Å². The lowest BCUT2D eigenvalue weighted by molar-refractivity contribution is -0.133. The van der Waals surface area contributed by atoms with Crippen LogP contribution in [0.5, 0.6) is 0 Å². The van der Waals surface area contributed by atoms with E-state index in [9.17, 15) is 4.79 Å². The third kappa shape index (κ3) is 2.57. The molecule has 110 valence electrons. The summed E-state index contributed by atoms with van der Waals surface area (Å²) in [5, 5.41) is 18.2. The first-order chi connectivity index (χ1) is 9.69. The van der Waals surface area contributed by atoms with Crippen LogP contribution in [0.2, 0.25) is 0 Å². The van der Waals surface area contributed by atoms with Crippen molar-refractivity contribution in [3.05, 3.63) is 5.82 Å². The van der Waals surface area contributed by atoms with Gasteiger partial charge in [0.1, 0.15) is 5.82 Å². The average molecular weight is 295 g/mol. The quantitative estimate of drug-likeness (QED) is 0.817. The van der Waals surface area contributed by atoms with Gasteiger partial charge in [-0.2, -0.15) is 0 Å². The standard InChI is InChI=1S/C14H21N3O2S/c1-2-3-12-15-16-14(20-8-13(18)19)17(12)11-7-9-4-5-10(11)6-9/h9-11H,2-8H2,1H3,(H,18,19). The van der Waals surface area contributed by atoms with E-state index >= 15 is 0 Å². The largest absolute Gasteiger partial charge is 0.481 e. The molecule has 20 heavy (non-hydrogen) atoms. The second-order valence-electron chi connectivity index (χ2n) is 5.94. The molecule has 0 amide bonds. The first-order valence-electron chi connectivity index (χ1n) is 7.47. The molecule has 0 aromatic carbocycles. The van der Waals surface area contributed by atoms with E-state index in [0.717, 1.165) is 35.7 Å². The van der Waals surface area contributed by atoms with Crippen LogP contribution in [0.1, 0.15) is 50.9 Å². The number of hydrogen-bond donors (Lipinski definition) is 1. The van der Waals surface area contributed by atoms with Gasteiger partial charge in [-0.3, -0.25) is 4.79 Å². The van der Waals surface area contributed by atoms with Gasteiger partial charge in [0.15, 0.2) is 5.16 Å². The summed E-state index contributed by atoms with van der Waals surface area (Å²) >= 11 is 1.31. The van der Waals surface area contributed by atoms with E-state index in [2.05, 4.69) is 21.7 Å². The van der Waals surface area contributed by atoms with Gasteiger partial charge in [0.05, 0.1) is 5.75 Å². The minimum absolute atomic E-state index is 0.0606. The molecule has 1 aromatic rings. The molecule has 1 N–H and O–H groups in total. The zero-order valence-electron chi connectivity index (χ0n) is 11.8. The Morgan fingerprint density at radius 1 is 1.40 bits per heavy atom. The molecule has 2 fully saturated rings. The first kappa shape index (κ1) is 13.9. The van der Waals surface area contributed by atoms with Gasteiger partial charge in [-0.25, -0.2) is 0 Å². The second kappa shape index (κ2) is 5.76. The van der Waals surface area contributed by atoms with Gasteiger partial charge in [0.25, 0.3) is 0 Å². The summed E-state index contributed by atoms with van der Waals surface area (Å²) in [6, 6.07) is 0.501. The molecule has 0 saturated heterocycles. The molecule has 0 aliphatic heterocycles. The number of fused-ring (bicyclic) bond motifs is 2. The third-order valence-electron chi connectivity index (χ3n) is 4.57.